The second-order valence-corrected chi connectivity index (χ2v) is 10.8. The summed E-state index contributed by atoms with van der Waals surface area (Å²) >= 11 is 7.59. The van der Waals surface area contributed by atoms with E-state index in [1.807, 2.05) is 10.8 Å². The van der Waals surface area contributed by atoms with Crippen LogP contribution in [0.1, 0.15) is 75.0 Å². The molecule has 8 heteroatoms. The molecule has 0 radical (unpaired) electrons. The van der Waals surface area contributed by atoms with Gasteiger partial charge in [-0.1, -0.05) is 38.8 Å². The van der Waals surface area contributed by atoms with E-state index in [1.165, 1.54) is 25.4 Å². The lowest BCUT2D eigenvalue weighted by Gasteiger charge is -2.36. The average Bonchev–Trinajstić information content (AvgIpc) is 3.10. The van der Waals surface area contributed by atoms with Crippen LogP contribution in [-0.2, 0) is 21.5 Å². The molecule has 1 fully saturated rings. The lowest BCUT2D eigenvalue weighted by Crippen LogP contribution is -2.42. The maximum absolute atomic E-state index is 13.1. The second kappa shape index (κ2) is 9.79. The summed E-state index contributed by atoms with van der Waals surface area (Å²) in [7, 11) is 1.51. The first-order chi connectivity index (χ1) is 15.0. The molecule has 0 bridgehead atoms. The highest BCUT2D eigenvalue weighted by Crippen LogP contribution is 2.34. The van der Waals surface area contributed by atoms with Crippen molar-refractivity contribution in [1.29, 1.82) is 0 Å². The molecule has 0 spiro atoms. The summed E-state index contributed by atoms with van der Waals surface area (Å²) in [5, 5.41) is 0.440. The number of ether oxygens (including phenoxy) is 2. The van der Waals surface area contributed by atoms with Gasteiger partial charge in [-0.25, -0.2) is 0 Å². The Morgan fingerprint density at radius 2 is 1.91 bits per heavy atom. The first-order valence-electron chi connectivity index (χ1n) is 10.9. The fourth-order valence-electron chi connectivity index (χ4n) is 4.03. The quantitative estimate of drug-likeness (QED) is 0.531. The Kier molecular flexibility index (Phi) is 7.50. The zero-order valence-corrected chi connectivity index (χ0v) is 20.9. The number of hydrogen-bond donors (Lipinski definition) is 0. The van der Waals surface area contributed by atoms with Gasteiger partial charge in [0.05, 0.1) is 19.2 Å². The van der Waals surface area contributed by atoms with Crippen LogP contribution in [0.15, 0.2) is 29.4 Å². The van der Waals surface area contributed by atoms with Crippen LogP contribution in [0.3, 0.4) is 0 Å². The molecule has 2 aromatic rings. The summed E-state index contributed by atoms with van der Waals surface area (Å²) in [6.07, 6.45) is 6.79. The summed E-state index contributed by atoms with van der Waals surface area (Å²) in [4.78, 5) is 31.1. The molecule has 174 valence electrons. The van der Waals surface area contributed by atoms with Crippen LogP contribution in [0.2, 0.25) is 5.02 Å². The third-order valence-electron chi connectivity index (χ3n) is 5.63. The smallest absolute Gasteiger partial charge is 0.303 e. The van der Waals surface area contributed by atoms with Crippen molar-refractivity contribution >= 4 is 34.8 Å². The minimum Gasteiger partial charge on any atom is -0.496 e. The van der Waals surface area contributed by atoms with Gasteiger partial charge in [0, 0.05) is 23.0 Å². The van der Waals surface area contributed by atoms with Gasteiger partial charge in [0.2, 0.25) is 0 Å². The van der Waals surface area contributed by atoms with Gasteiger partial charge in [0.1, 0.15) is 11.4 Å². The van der Waals surface area contributed by atoms with Gasteiger partial charge in [-0.15, -0.1) is 11.3 Å². The second-order valence-electron chi connectivity index (χ2n) is 9.35. The molecule has 0 aliphatic heterocycles. The van der Waals surface area contributed by atoms with Crippen molar-refractivity contribution in [3.8, 4) is 5.75 Å². The molecule has 1 aliphatic carbocycles. The van der Waals surface area contributed by atoms with E-state index in [2.05, 4.69) is 25.8 Å². The van der Waals surface area contributed by atoms with Gasteiger partial charge in [-0.05, 0) is 49.3 Å². The Hall–Kier alpha value is -2.12. The SMILES string of the molecule is COc1ccc(Cl)cc1C(=O)N=c1sc(C(C)(C)C)cn1CC1(OC(C)=O)CCCCC1. The van der Waals surface area contributed by atoms with Crippen LogP contribution >= 0.6 is 22.9 Å². The van der Waals surface area contributed by atoms with E-state index in [4.69, 9.17) is 21.1 Å². The molecule has 0 saturated heterocycles. The van der Waals surface area contributed by atoms with Crippen molar-refractivity contribution in [2.45, 2.75) is 77.4 Å². The number of carbonyl (C=O) groups is 2. The Morgan fingerprint density at radius 3 is 2.50 bits per heavy atom. The van der Waals surface area contributed by atoms with Crippen LogP contribution in [-0.4, -0.2) is 29.2 Å². The number of benzene rings is 1. The largest absolute Gasteiger partial charge is 0.496 e. The summed E-state index contributed by atoms with van der Waals surface area (Å²) in [6.45, 7) is 8.29. The number of esters is 1. The average molecular weight is 479 g/mol. The summed E-state index contributed by atoms with van der Waals surface area (Å²) < 4.78 is 13.2. The van der Waals surface area contributed by atoms with Gasteiger partial charge >= 0.3 is 5.97 Å². The fourth-order valence-corrected chi connectivity index (χ4v) is 5.24. The minimum absolute atomic E-state index is 0.113. The van der Waals surface area contributed by atoms with Crippen molar-refractivity contribution in [2.75, 3.05) is 7.11 Å². The van der Waals surface area contributed by atoms with Crippen LogP contribution in [0.4, 0.5) is 0 Å². The molecule has 1 aromatic carbocycles. The van der Waals surface area contributed by atoms with Gasteiger partial charge in [-0.2, -0.15) is 4.99 Å². The third-order valence-corrected chi connectivity index (χ3v) is 7.31. The summed E-state index contributed by atoms with van der Waals surface area (Å²) in [5.41, 5.74) is -0.380. The van der Waals surface area contributed by atoms with Crippen LogP contribution in [0.25, 0.3) is 0 Å². The number of thiazole rings is 1. The standard InChI is InChI=1S/C24H31ClN2O4S/c1-16(28)31-24(11-7-6-8-12-24)15-27-14-20(23(2,3)4)32-22(27)26-21(29)18-13-17(25)9-10-19(18)30-5/h9-10,13-14H,6-8,11-12,15H2,1-5H3. The van der Waals surface area contributed by atoms with Crippen LogP contribution < -0.4 is 9.54 Å². The van der Waals surface area contributed by atoms with E-state index in [9.17, 15) is 9.59 Å². The number of carbonyl (C=O) groups excluding carboxylic acids is 2. The number of amides is 1. The highest BCUT2D eigenvalue weighted by Gasteiger charge is 2.36. The molecule has 1 heterocycles. The normalized spacial score (nSPS) is 16.6. The van der Waals surface area contributed by atoms with Crippen molar-refractivity contribution in [2.24, 2.45) is 4.99 Å². The number of nitrogens with zero attached hydrogens (tertiary/aromatic N) is 2. The van der Waals surface area contributed by atoms with E-state index in [1.54, 1.807) is 18.2 Å². The zero-order valence-electron chi connectivity index (χ0n) is 19.4. The van der Waals surface area contributed by atoms with Crippen LogP contribution in [0, 0.1) is 0 Å². The maximum atomic E-state index is 13.1. The highest BCUT2D eigenvalue weighted by atomic mass is 35.5. The predicted molar refractivity (Wildman–Crippen MR) is 126 cm³/mol. The molecule has 3 rings (SSSR count). The third kappa shape index (κ3) is 5.81. The number of rotatable bonds is 5. The van der Waals surface area contributed by atoms with Gasteiger partial charge in [0.15, 0.2) is 4.80 Å². The first kappa shape index (κ1) is 24.5. The Bertz CT molecular complexity index is 1060. The van der Waals surface area contributed by atoms with E-state index < -0.39 is 11.5 Å². The molecule has 0 unspecified atom stereocenters. The fraction of sp³-hybridized carbons (Fsp3) is 0.542. The molecule has 1 aromatic heterocycles. The number of halogens is 1. The Labute approximate surface area is 198 Å². The number of aromatic nitrogens is 1. The highest BCUT2D eigenvalue weighted by molar-refractivity contribution is 7.09. The lowest BCUT2D eigenvalue weighted by atomic mass is 9.84. The van der Waals surface area contributed by atoms with Crippen LogP contribution in [0.5, 0.6) is 5.75 Å². The van der Waals surface area contributed by atoms with Gasteiger partial charge in [-0.3, -0.25) is 9.59 Å². The molecular formula is C24H31ClN2O4S. The molecule has 0 N–H and O–H groups in total. The van der Waals surface area contributed by atoms with E-state index in [0.29, 0.717) is 27.7 Å². The van der Waals surface area contributed by atoms with Crippen molar-refractivity contribution in [3.05, 3.63) is 44.7 Å². The topological polar surface area (TPSA) is 69.9 Å². The maximum Gasteiger partial charge on any atom is 0.303 e. The van der Waals surface area contributed by atoms with E-state index in [-0.39, 0.29) is 11.4 Å². The molecule has 1 amide bonds. The van der Waals surface area contributed by atoms with Crippen molar-refractivity contribution in [1.82, 2.24) is 4.57 Å². The lowest BCUT2D eigenvalue weighted by molar-refractivity contribution is -0.162. The molecule has 1 aliphatic rings. The molecular weight excluding hydrogens is 448 g/mol. The minimum atomic E-state index is -0.577. The number of methoxy groups -OCH3 is 1. The predicted octanol–water partition coefficient (Wildman–Crippen LogP) is 5.52. The molecule has 0 atom stereocenters. The summed E-state index contributed by atoms with van der Waals surface area (Å²) in [6, 6.07) is 4.90. The van der Waals surface area contributed by atoms with E-state index >= 15 is 0 Å². The first-order valence-corrected chi connectivity index (χ1v) is 12.1. The zero-order chi connectivity index (χ0) is 23.5. The van der Waals surface area contributed by atoms with Crippen molar-refractivity contribution in [3.63, 3.8) is 0 Å². The van der Waals surface area contributed by atoms with E-state index in [0.717, 1.165) is 37.0 Å². The summed E-state index contributed by atoms with van der Waals surface area (Å²) in [5.74, 6) is -0.284. The molecule has 1 saturated carbocycles. The van der Waals surface area contributed by atoms with Crippen molar-refractivity contribution < 1.29 is 19.1 Å². The molecule has 6 nitrogen and oxygen atoms in total. The van der Waals surface area contributed by atoms with Gasteiger partial charge in [0.25, 0.3) is 5.91 Å². The Balaban J connectivity index is 2.08. The monoisotopic (exact) mass is 478 g/mol. The van der Waals surface area contributed by atoms with Gasteiger partial charge < -0.3 is 14.0 Å². The Morgan fingerprint density at radius 1 is 1.22 bits per heavy atom. The molecule has 32 heavy (non-hydrogen) atoms. The number of hydrogen-bond acceptors (Lipinski definition) is 5.